The molecule has 3 aromatic heterocycles. The fourth-order valence-corrected chi connectivity index (χ4v) is 2.39. The van der Waals surface area contributed by atoms with Gasteiger partial charge in [-0.1, -0.05) is 0 Å². The normalized spacial score (nSPS) is 12.3. The van der Waals surface area contributed by atoms with E-state index in [4.69, 9.17) is 0 Å². The number of anilines is 1. The number of amides is 1. The van der Waals surface area contributed by atoms with E-state index in [9.17, 15) is 4.79 Å². The number of aromatic amines is 1. The van der Waals surface area contributed by atoms with Crippen molar-refractivity contribution in [1.29, 1.82) is 0 Å². The van der Waals surface area contributed by atoms with Crippen molar-refractivity contribution in [3.05, 3.63) is 31.1 Å². The lowest BCUT2D eigenvalue weighted by molar-refractivity contribution is -0.120. The summed E-state index contributed by atoms with van der Waals surface area (Å²) in [6, 6.07) is 1.83. The molecule has 0 aliphatic carbocycles. The number of rotatable bonds is 6. The molecule has 0 saturated carbocycles. The largest absolute Gasteiger partial charge is 0.350 e. The third kappa shape index (κ3) is 3.44. The number of carbonyl (C=O) groups excluding carboxylic acids is 1. The van der Waals surface area contributed by atoms with Gasteiger partial charge in [0.05, 0.1) is 19.4 Å². The lowest BCUT2D eigenvalue weighted by Gasteiger charge is -2.20. The van der Waals surface area contributed by atoms with Gasteiger partial charge in [-0.2, -0.15) is 5.10 Å². The molecule has 3 rings (SSSR count). The van der Waals surface area contributed by atoms with Gasteiger partial charge in [0, 0.05) is 25.5 Å². The van der Waals surface area contributed by atoms with E-state index in [1.165, 1.54) is 6.33 Å². The number of carbonyl (C=O) groups is 1. The standard InChI is InChI=1S/C14H18N8O/c1-10(6-22-5-3-4-19-22)20-11(23)7-21(2)14-12-13(16-8-15-12)17-9-18-14/h3-5,8-10H,6-7H2,1-2H3,(H,20,23)(H,15,16,17,18). The molecule has 2 N–H and O–H groups in total. The van der Waals surface area contributed by atoms with Crippen molar-refractivity contribution in [2.75, 3.05) is 18.5 Å². The van der Waals surface area contributed by atoms with Crippen LogP contribution in [0.25, 0.3) is 11.2 Å². The first-order valence-corrected chi connectivity index (χ1v) is 7.25. The van der Waals surface area contributed by atoms with Crippen molar-refractivity contribution >= 4 is 22.9 Å². The van der Waals surface area contributed by atoms with Crippen LogP contribution in [-0.4, -0.2) is 55.3 Å². The average molecular weight is 314 g/mol. The summed E-state index contributed by atoms with van der Waals surface area (Å²) in [4.78, 5) is 29.3. The Morgan fingerprint density at radius 2 is 2.30 bits per heavy atom. The first-order valence-electron chi connectivity index (χ1n) is 7.25. The number of nitrogens with one attached hydrogen (secondary N) is 2. The number of H-pyrrole nitrogens is 1. The van der Waals surface area contributed by atoms with Gasteiger partial charge in [0.2, 0.25) is 5.91 Å². The number of fused-ring (bicyclic) bond motifs is 1. The fraction of sp³-hybridized carbons (Fsp3) is 0.357. The summed E-state index contributed by atoms with van der Waals surface area (Å²) < 4.78 is 1.78. The third-order valence-corrected chi connectivity index (χ3v) is 3.37. The molecule has 1 unspecified atom stereocenters. The quantitative estimate of drug-likeness (QED) is 0.673. The fourth-order valence-electron chi connectivity index (χ4n) is 2.39. The van der Waals surface area contributed by atoms with Crippen LogP contribution in [0.4, 0.5) is 5.82 Å². The second-order valence-electron chi connectivity index (χ2n) is 5.35. The van der Waals surface area contributed by atoms with Crippen LogP contribution in [0.1, 0.15) is 6.92 Å². The zero-order chi connectivity index (χ0) is 16.2. The van der Waals surface area contributed by atoms with E-state index >= 15 is 0 Å². The molecule has 3 aromatic rings. The van der Waals surface area contributed by atoms with E-state index in [2.05, 4.69) is 30.4 Å². The van der Waals surface area contributed by atoms with Crippen LogP contribution in [0.2, 0.25) is 0 Å². The second kappa shape index (κ2) is 6.42. The molecule has 1 amide bonds. The zero-order valence-corrected chi connectivity index (χ0v) is 13.0. The molecule has 3 heterocycles. The first-order chi connectivity index (χ1) is 11.1. The molecule has 0 bridgehead atoms. The lowest BCUT2D eigenvalue weighted by Crippen LogP contribution is -2.41. The Morgan fingerprint density at radius 1 is 1.43 bits per heavy atom. The monoisotopic (exact) mass is 314 g/mol. The Hall–Kier alpha value is -2.97. The smallest absolute Gasteiger partial charge is 0.239 e. The van der Waals surface area contributed by atoms with Gasteiger partial charge in [-0.05, 0) is 13.0 Å². The molecule has 0 aliphatic rings. The minimum atomic E-state index is -0.0848. The van der Waals surface area contributed by atoms with Crippen molar-refractivity contribution in [2.45, 2.75) is 19.5 Å². The molecule has 0 saturated heterocycles. The Labute approximate surface area is 132 Å². The Balaban J connectivity index is 1.60. The maximum absolute atomic E-state index is 12.2. The molecule has 9 heteroatoms. The van der Waals surface area contributed by atoms with Gasteiger partial charge in [-0.15, -0.1) is 0 Å². The third-order valence-electron chi connectivity index (χ3n) is 3.37. The van der Waals surface area contributed by atoms with Gasteiger partial charge >= 0.3 is 0 Å². The van der Waals surface area contributed by atoms with Crippen molar-refractivity contribution in [3.8, 4) is 0 Å². The summed E-state index contributed by atoms with van der Waals surface area (Å²) in [6.45, 7) is 2.76. The highest BCUT2D eigenvalue weighted by Gasteiger charge is 2.15. The zero-order valence-electron chi connectivity index (χ0n) is 13.0. The molecular weight excluding hydrogens is 296 g/mol. The predicted octanol–water partition coefficient (Wildman–Crippen LogP) is 0.191. The molecule has 0 fully saturated rings. The van der Waals surface area contributed by atoms with Crippen molar-refractivity contribution < 1.29 is 4.79 Å². The van der Waals surface area contributed by atoms with Crippen molar-refractivity contribution in [2.24, 2.45) is 0 Å². The van der Waals surface area contributed by atoms with Crippen molar-refractivity contribution in [1.82, 2.24) is 35.0 Å². The van der Waals surface area contributed by atoms with E-state index in [1.807, 2.05) is 19.2 Å². The van der Waals surface area contributed by atoms with Gasteiger partial charge in [0.25, 0.3) is 0 Å². The van der Waals surface area contributed by atoms with E-state index in [-0.39, 0.29) is 18.5 Å². The SMILES string of the molecule is CC(Cn1cccn1)NC(=O)CN(C)c1ncnc2nc[nH]c12. The molecule has 0 radical (unpaired) electrons. The van der Waals surface area contributed by atoms with Gasteiger partial charge in [0.1, 0.15) is 11.8 Å². The molecular formula is C14H18N8O. The molecule has 0 aliphatic heterocycles. The van der Waals surface area contributed by atoms with Crippen molar-refractivity contribution in [3.63, 3.8) is 0 Å². The average Bonchev–Trinajstić information content (AvgIpc) is 3.16. The topological polar surface area (TPSA) is 105 Å². The summed E-state index contributed by atoms with van der Waals surface area (Å²) in [6.07, 6.45) is 6.58. The number of hydrogen-bond acceptors (Lipinski definition) is 6. The molecule has 23 heavy (non-hydrogen) atoms. The number of hydrogen-bond donors (Lipinski definition) is 2. The minimum absolute atomic E-state index is 0.0200. The Kier molecular flexibility index (Phi) is 4.18. The summed E-state index contributed by atoms with van der Waals surface area (Å²) in [5.74, 6) is 0.556. The number of imidazole rings is 1. The first kappa shape index (κ1) is 14.9. The summed E-state index contributed by atoms with van der Waals surface area (Å²) in [7, 11) is 1.81. The van der Waals surface area contributed by atoms with E-state index in [1.54, 1.807) is 29.2 Å². The summed E-state index contributed by atoms with van der Waals surface area (Å²) in [5.41, 5.74) is 1.29. The van der Waals surface area contributed by atoms with Gasteiger partial charge in [-0.25, -0.2) is 15.0 Å². The van der Waals surface area contributed by atoms with E-state index in [0.29, 0.717) is 23.5 Å². The minimum Gasteiger partial charge on any atom is -0.350 e. The maximum Gasteiger partial charge on any atom is 0.239 e. The van der Waals surface area contributed by atoms with Crippen LogP contribution < -0.4 is 10.2 Å². The maximum atomic E-state index is 12.2. The van der Waals surface area contributed by atoms with Gasteiger partial charge < -0.3 is 15.2 Å². The Bertz CT molecular complexity index is 781. The molecule has 0 spiro atoms. The van der Waals surface area contributed by atoms with Crippen LogP contribution in [-0.2, 0) is 11.3 Å². The predicted molar refractivity (Wildman–Crippen MR) is 84.8 cm³/mol. The van der Waals surface area contributed by atoms with Crippen LogP contribution in [0, 0.1) is 0 Å². The number of aromatic nitrogens is 6. The molecule has 1 atom stereocenters. The molecule has 0 aromatic carbocycles. The van der Waals surface area contributed by atoms with Gasteiger partial charge in [0.15, 0.2) is 11.5 Å². The van der Waals surface area contributed by atoms with Crippen LogP contribution in [0.5, 0.6) is 0 Å². The van der Waals surface area contributed by atoms with Gasteiger partial charge in [-0.3, -0.25) is 9.48 Å². The Morgan fingerprint density at radius 3 is 3.09 bits per heavy atom. The number of nitrogens with zero attached hydrogens (tertiary/aromatic N) is 6. The summed E-state index contributed by atoms with van der Waals surface area (Å²) >= 11 is 0. The highest BCUT2D eigenvalue weighted by molar-refractivity contribution is 5.87. The lowest BCUT2D eigenvalue weighted by atomic mass is 10.3. The van der Waals surface area contributed by atoms with Crippen LogP contribution in [0.15, 0.2) is 31.1 Å². The van der Waals surface area contributed by atoms with Crippen LogP contribution in [0.3, 0.4) is 0 Å². The van der Waals surface area contributed by atoms with E-state index < -0.39 is 0 Å². The number of likely N-dealkylation sites (N-methyl/N-ethyl adjacent to an activating group) is 1. The summed E-state index contributed by atoms with van der Waals surface area (Å²) in [5, 5.41) is 7.08. The highest BCUT2D eigenvalue weighted by atomic mass is 16.2. The highest BCUT2D eigenvalue weighted by Crippen LogP contribution is 2.17. The van der Waals surface area contributed by atoms with E-state index in [0.717, 1.165) is 0 Å². The molecule has 120 valence electrons. The van der Waals surface area contributed by atoms with Crippen LogP contribution >= 0.6 is 0 Å². The second-order valence-corrected chi connectivity index (χ2v) is 5.35. The molecule has 9 nitrogen and oxygen atoms in total.